The van der Waals surface area contributed by atoms with Crippen LogP contribution in [0.25, 0.3) is 53.3 Å². The van der Waals surface area contributed by atoms with Crippen LogP contribution in [0.15, 0.2) is 85.1 Å². The van der Waals surface area contributed by atoms with Gasteiger partial charge in [0.1, 0.15) is 7.05 Å². The highest BCUT2D eigenvalue weighted by Gasteiger charge is 2.24. The fourth-order valence-corrected chi connectivity index (χ4v) is 8.13. The molecule has 0 radical (unpaired) electrons. The van der Waals surface area contributed by atoms with Crippen molar-refractivity contribution in [3.63, 3.8) is 0 Å². The number of thiophene rings is 1. The van der Waals surface area contributed by atoms with E-state index in [0.29, 0.717) is 5.92 Å². The Morgan fingerprint density at radius 2 is 1.49 bits per heavy atom. The van der Waals surface area contributed by atoms with Crippen LogP contribution in [0, 0.1) is 18.3 Å². The number of aromatic nitrogens is 1. The van der Waals surface area contributed by atoms with E-state index in [9.17, 15) is 5.26 Å². The number of pyridine rings is 1. The molecule has 0 atom stereocenters. The largest absolute Gasteiger partial charge is 0.221 e. The molecule has 1 saturated carbocycles. The summed E-state index contributed by atoms with van der Waals surface area (Å²) < 4.78 is 4.73. The van der Waals surface area contributed by atoms with E-state index in [4.69, 9.17) is 0 Å². The second-order valence-electron chi connectivity index (χ2n) is 11.0. The molecule has 1 fully saturated rings. The van der Waals surface area contributed by atoms with Crippen molar-refractivity contribution in [2.45, 2.75) is 44.9 Å². The molecule has 0 unspecified atom stereocenters. The molecule has 0 amide bonds. The third-order valence-electron chi connectivity index (χ3n) is 8.70. The summed E-state index contributed by atoms with van der Waals surface area (Å²) in [5, 5.41) is 15.1. The van der Waals surface area contributed by atoms with Crippen molar-refractivity contribution in [1.82, 2.24) is 0 Å². The molecule has 0 aliphatic heterocycles. The number of rotatable bonds is 3. The van der Waals surface area contributed by atoms with Crippen molar-refractivity contribution >= 4 is 42.3 Å². The van der Waals surface area contributed by atoms with Crippen molar-refractivity contribution in [3.05, 3.63) is 102 Å². The van der Waals surface area contributed by atoms with Crippen LogP contribution in [0.1, 0.15) is 54.7 Å². The SMILES string of the molecule is Cc1ccc2c(sc3c(-c4ccc(C5CCCCC5)cc4)c(C#N)ccc32)c1-c1c2ccccc2cc[n+]1C. The highest BCUT2D eigenvalue weighted by atomic mass is 32.1. The number of hydrogen-bond acceptors (Lipinski definition) is 2. The van der Waals surface area contributed by atoms with Crippen LogP contribution in [0.2, 0.25) is 0 Å². The minimum atomic E-state index is 0.676. The summed E-state index contributed by atoms with van der Waals surface area (Å²) in [7, 11) is 2.14. The molecule has 6 aromatic rings. The van der Waals surface area contributed by atoms with E-state index in [1.807, 2.05) is 17.4 Å². The van der Waals surface area contributed by atoms with Crippen LogP contribution in [0.3, 0.4) is 0 Å². The number of benzene rings is 4. The predicted octanol–water partition coefficient (Wildman–Crippen LogP) is 9.59. The van der Waals surface area contributed by atoms with E-state index in [0.717, 1.165) is 16.7 Å². The molecule has 2 heterocycles. The van der Waals surface area contributed by atoms with Gasteiger partial charge >= 0.3 is 0 Å². The third kappa shape index (κ3) is 3.94. The van der Waals surface area contributed by atoms with Gasteiger partial charge in [0.05, 0.1) is 22.6 Å². The summed E-state index contributed by atoms with van der Waals surface area (Å²) in [4.78, 5) is 0. The number of fused-ring (bicyclic) bond motifs is 4. The molecule has 39 heavy (non-hydrogen) atoms. The molecule has 2 nitrogen and oxygen atoms in total. The lowest BCUT2D eigenvalue weighted by Gasteiger charge is -2.22. The predicted molar refractivity (Wildman–Crippen MR) is 164 cm³/mol. The maximum atomic E-state index is 10.2. The van der Waals surface area contributed by atoms with Crippen LogP contribution in [-0.2, 0) is 7.05 Å². The van der Waals surface area contributed by atoms with Crippen LogP contribution >= 0.6 is 11.3 Å². The van der Waals surface area contributed by atoms with Gasteiger partial charge in [0.2, 0.25) is 5.69 Å². The third-order valence-corrected chi connectivity index (χ3v) is 9.95. The van der Waals surface area contributed by atoms with E-state index >= 15 is 0 Å². The molecular formula is C36H31N2S+. The lowest BCUT2D eigenvalue weighted by molar-refractivity contribution is -0.659. The van der Waals surface area contributed by atoms with E-state index in [-0.39, 0.29) is 0 Å². The van der Waals surface area contributed by atoms with Crippen LogP contribution < -0.4 is 4.57 Å². The van der Waals surface area contributed by atoms with Gasteiger partial charge in [-0.1, -0.05) is 79.9 Å². The summed E-state index contributed by atoms with van der Waals surface area (Å²) in [5.41, 5.74) is 8.18. The van der Waals surface area contributed by atoms with Crippen molar-refractivity contribution < 1.29 is 4.57 Å². The second kappa shape index (κ2) is 9.63. The van der Waals surface area contributed by atoms with Gasteiger partial charge in [-0.15, -0.1) is 11.3 Å². The first kappa shape index (κ1) is 24.1. The summed E-state index contributed by atoms with van der Waals surface area (Å²) in [6, 6.07) is 31.1. The van der Waals surface area contributed by atoms with E-state index in [1.54, 1.807) is 0 Å². The van der Waals surface area contributed by atoms with Gasteiger partial charge in [0.15, 0.2) is 6.20 Å². The average Bonchev–Trinajstić information content (AvgIpc) is 3.36. The van der Waals surface area contributed by atoms with Crippen LogP contribution in [0.5, 0.6) is 0 Å². The highest BCUT2D eigenvalue weighted by Crippen LogP contribution is 2.46. The normalized spacial score (nSPS) is 14.3. The monoisotopic (exact) mass is 523 g/mol. The van der Waals surface area contributed by atoms with Gasteiger partial charge in [-0.2, -0.15) is 5.26 Å². The Morgan fingerprint density at radius 1 is 0.769 bits per heavy atom. The minimum Gasteiger partial charge on any atom is -0.200 e. The minimum absolute atomic E-state index is 0.676. The first-order valence-electron chi connectivity index (χ1n) is 14.0. The summed E-state index contributed by atoms with van der Waals surface area (Å²) in [5.74, 6) is 0.676. The molecular weight excluding hydrogens is 492 g/mol. The number of nitrogens with zero attached hydrogens (tertiary/aromatic N) is 2. The lowest BCUT2D eigenvalue weighted by Crippen LogP contribution is -2.30. The molecule has 4 aromatic carbocycles. The summed E-state index contributed by atoms with van der Waals surface area (Å²) in [6.07, 6.45) is 8.79. The standard InChI is InChI=1S/C36H31N2S/c1-23-12-18-30-31-19-17-28(22-37)33(27-15-13-25(14-16-27)24-8-4-3-5-9-24)36(31)39-35(30)32(23)34-29-11-7-6-10-26(29)20-21-38(34)2/h6-7,10-21,24H,3-5,8-9H2,1-2H3/q+1. The van der Waals surface area contributed by atoms with Gasteiger partial charge < -0.3 is 0 Å². The Hall–Kier alpha value is -4.00. The van der Waals surface area contributed by atoms with Crippen molar-refractivity contribution in [3.8, 4) is 28.5 Å². The van der Waals surface area contributed by atoms with Gasteiger partial charge in [0, 0.05) is 31.8 Å². The van der Waals surface area contributed by atoms with Crippen molar-refractivity contribution in [2.24, 2.45) is 7.05 Å². The fourth-order valence-electron chi connectivity index (χ4n) is 6.66. The Balaban J connectivity index is 1.47. The van der Waals surface area contributed by atoms with Gasteiger partial charge in [0.25, 0.3) is 0 Å². The Kier molecular flexibility index (Phi) is 5.94. The summed E-state index contributed by atoms with van der Waals surface area (Å²) >= 11 is 1.83. The number of aryl methyl sites for hydroxylation is 2. The zero-order valence-electron chi connectivity index (χ0n) is 22.5. The molecule has 3 heteroatoms. The Morgan fingerprint density at radius 3 is 2.26 bits per heavy atom. The van der Waals surface area contributed by atoms with Gasteiger partial charge in [-0.25, -0.2) is 4.57 Å². The van der Waals surface area contributed by atoms with Gasteiger partial charge in [-0.3, -0.25) is 0 Å². The average molecular weight is 524 g/mol. The molecule has 190 valence electrons. The topological polar surface area (TPSA) is 27.7 Å². The molecule has 0 saturated heterocycles. The quantitative estimate of drug-likeness (QED) is 0.212. The Labute approximate surface area is 233 Å². The molecule has 0 N–H and O–H groups in total. The summed E-state index contributed by atoms with van der Waals surface area (Å²) in [6.45, 7) is 2.21. The van der Waals surface area contributed by atoms with Crippen LogP contribution in [0.4, 0.5) is 0 Å². The van der Waals surface area contributed by atoms with Crippen LogP contribution in [-0.4, -0.2) is 0 Å². The molecule has 1 aliphatic rings. The zero-order valence-corrected chi connectivity index (χ0v) is 23.3. The fraction of sp³-hybridized carbons (Fsp3) is 0.222. The maximum absolute atomic E-state index is 10.2. The molecule has 0 spiro atoms. The molecule has 2 aromatic heterocycles. The second-order valence-corrected chi connectivity index (χ2v) is 12.1. The van der Waals surface area contributed by atoms with E-state index in [2.05, 4.69) is 104 Å². The number of hydrogen-bond donors (Lipinski definition) is 0. The Bertz CT molecular complexity index is 1920. The van der Waals surface area contributed by atoms with E-state index < -0.39 is 0 Å². The van der Waals surface area contributed by atoms with E-state index in [1.165, 1.54) is 85.4 Å². The van der Waals surface area contributed by atoms with Crippen molar-refractivity contribution in [2.75, 3.05) is 0 Å². The first-order valence-corrected chi connectivity index (χ1v) is 14.8. The highest BCUT2D eigenvalue weighted by molar-refractivity contribution is 7.27. The molecule has 0 bridgehead atoms. The smallest absolute Gasteiger partial charge is 0.200 e. The van der Waals surface area contributed by atoms with Gasteiger partial charge in [-0.05, 0) is 59.9 Å². The molecule has 7 rings (SSSR count). The number of nitriles is 1. The first-order chi connectivity index (χ1) is 19.1. The lowest BCUT2D eigenvalue weighted by atomic mass is 9.83. The van der Waals surface area contributed by atoms with Crippen molar-refractivity contribution in [1.29, 1.82) is 5.26 Å². The maximum Gasteiger partial charge on any atom is 0.221 e. The molecule has 1 aliphatic carbocycles. The zero-order chi connectivity index (χ0) is 26.5.